The Balaban J connectivity index is 1.66. The number of rotatable bonds is 5. The van der Waals surface area contributed by atoms with Crippen LogP contribution >= 0.6 is 11.6 Å². The van der Waals surface area contributed by atoms with E-state index in [0.29, 0.717) is 17.4 Å². The maximum atomic E-state index is 12.4. The van der Waals surface area contributed by atoms with E-state index in [0.717, 1.165) is 44.8 Å². The SMILES string of the molecule is Cc1cc(Cl)nc(-c2cc(C)c(OCc3c(C)cccc3-n3nnn(C)c3=O)cc2C)c1. The van der Waals surface area contributed by atoms with Crippen LogP contribution in [0, 0.1) is 27.7 Å². The molecule has 0 aliphatic heterocycles. The van der Waals surface area contributed by atoms with Crippen LogP contribution in [-0.4, -0.2) is 24.8 Å². The van der Waals surface area contributed by atoms with Crippen LogP contribution < -0.4 is 10.4 Å². The molecule has 0 N–H and O–H groups in total. The summed E-state index contributed by atoms with van der Waals surface area (Å²) in [6.45, 7) is 8.30. The highest BCUT2D eigenvalue weighted by Gasteiger charge is 2.15. The Hall–Kier alpha value is -3.45. The highest BCUT2D eigenvalue weighted by molar-refractivity contribution is 6.29. The lowest BCUT2D eigenvalue weighted by molar-refractivity contribution is 0.302. The zero-order valence-electron chi connectivity index (χ0n) is 18.7. The standard InChI is InChI=1S/C24H24ClN5O2/c1-14-9-20(26-23(25)10-14)18-11-17(4)22(12-16(18)3)32-13-19-15(2)7-6-8-21(19)30-24(31)29(5)27-28-30/h6-12H,13H2,1-5H3. The van der Waals surface area contributed by atoms with Crippen LogP contribution in [0.4, 0.5) is 0 Å². The quantitative estimate of drug-likeness (QED) is 0.419. The smallest absolute Gasteiger partial charge is 0.368 e. The third-order valence-corrected chi connectivity index (χ3v) is 5.64. The van der Waals surface area contributed by atoms with Crippen LogP contribution in [0.5, 0.6) is 5.75 Å². The minimum absolute atomic E-state index is 0.291. The van der Waals surface area contributed by atoms with Crippen molar-refractivity contribution in [2.45, 2.75) is 34.3 Å². The number of halogens is 1. The zero-order chi connectivity index (χ0) is 23.0. The molecule has 8 heteroatoms. The van der Waals surface area contributed by atoms with Crippen molar-refractivity contribution in [1.82, 2.24) is 24.8 Å². The number of hydrogen-bond acceptors (Lipinski definition) is 5. The van der Waals surface area contributed by atoms with E-state index in [1.807, 2.05) is 64.1 Å². The van der Waals surface area contributed by atoms with Gasteiger partial charge in [0.25, 0.3) is 0 Å². The number of nitrogens with zero attached hydrogens (tertiary/aromatic N) is 5. The van der Waals surface area contributed by atoms with Gasteiger partial charge in [-0.25, -0.2) is 9.78 Å². The monoisotopic (exact) mass is 449 g/mol. The van der Waals surface area contributed by atoms with Crippen molar-refractivity contribution in [3.05, 3.63) is 85.9 Å². The molecule has 2 aromatic carbocycles. The maximum absolute atomic E-state index is 12.4. The molecule has 0 unspecified atom stereocenters. The van der Waals surface area contributed by atoms with Gasteiger partial charge in [-0.2, -0.15) is 9.36 Å². The van der Waals surface area contributed by atoms with Crippen molar-refractivity contribution in [2.24, 2.45) is 7.05 Å². The molecule has 4 aromatic rings. The number of aryl methyl sites for hydroxylation is 5. The Morgan fingerprint density at radius 1 is 0.969 bits per heavy atom. The lowest BCUT2D eigenvalue weighted by Gasteiger charge is -2.16. The number of benzene rings is 2. The molecule has 0 amide bonds. The van der Waals surface area contributed by atoms with Crippen molar-refractivity contribution >= 4 is 11.6 Å². The molecule has 0 aliphatic rings. The summed E-state index contributed by atoms with van der Waals surface area (Å²) >= 11 is 6.16. The fourth-order valence-electron chi connectivity index (χ4n) is 3.67. The summed E-state index contributed by atoms with van der Waals surface area (Å²) in [6, 6.07) is 13.6. The Kier molecular flexibility index (Phi) is 5.84. The summed E-state index contributed by atoms with van der Waals surface area (Å²) < 4.78 is 8.71. The molecule has 2 heterocycles. The average Bonchev–Trinajstić information content (AvgIpc) is 3.06. The molecule has 2 aromatic heterocycles. The molecule has 4 rings (SSSR count). The molecule has 0 radical (unpaired) electrons. The first-order valence-electron chi connectivity index (χ1n) is 10.2. The highest BCUT2D eigenvalue weighted by atomic mass is 35.5. The first-order chi connectivity index (χ1) is 15.2. The third kappa shape index (κ3) is 4.16. The van der Waals surface area contributed by atoms with Crippen LogP contribution in [0.15, 0.2) is 47.3 Å². The minimum atomic E-state index is -0.308. The lowest BCUT2D eigenvalue weighted by Crippen LogP contribution is -2.23. The zero-order valence-corrected chi connectivity index (χ0v) is 19.4. The highest BCUT2D eigenvalue weighted by Crippen LogP contribution is 2.31. The topological polar surface area (TPSA) is 74.8 Å². The second-order valence-corrected chi connectivity index (χ2v) is 8.33. The van der Waals surface area contributed by atoms with Gasteiger partial charge in [0.05, 0.1) is 11.4 Å². The number of aromatic nitrogens is 5. The molecule has 0 saturated heterocycles. The third-order valence-electron chi connectivity index (χ3n) is 5.44. The maximum Gasteiger partial charge on any atom is 0.368 e. The van der Waals surface area contributed by atoms with Crippen LogP contribution in [0.3, 0.4) is 0 Å². The number of tetrazole rings is 1. The van der Waals surface area contributed by atoms with Gasteiger partial charge in [-0.05, 0) is 90.7 Å². The summed E-state index contributed by atoms with van der Waals surface area (Å²) in [5.41, 5.74) is 7.17. The first kappa shape index (κ1) is 21.8. The van der Waals surface area contributed by atoms with E-state index in [1.165, 1.54) is 9.36 Å². The molecule has 0 atom stereocenters. The van der Waals surface area contributed by atoms with Gasteiger partial charge < -0.3 is 4.74 Å². The van der Waals surface area contributed by atoms with Gasteiger partial charge in [-0.15, -0.1) is 0 Å². The summed E-state index contributed by atoms with van der Waals surface area (Å²) in [5.74, 6) is 0.769. The van der Waals surface area contributed by atoms with Crippen molar-refractivity contribution < 1.29 is 4.74 Å². The summed E-state index contributed by atoms with van der Waals surface area (Å²) in [4.78, 5) is 16.8. The van der Waals surface area contributed by atoms with Gasteiger partial charge in [0.15, 0.2) is 0 Å². The van der Waals surface area contributed by atoms with Crippen LogP contribution in [0.2, 0.25) is 5.15 Å². The summed E-state index contributed by atoms with van der Waals surface area (Å²) in [6.07, 6.45) is 0. The molecule has 0 saturated carbocycles. The van der Waals surface area contributed by atoms with E-state index in [-0.39, 0.29) is 5.69 Å². The van der Waals surface area contributed by atoms with E-state index in [2.05, 4.69) is 21.5 Å². The minimum Gasteiger partial charge on any atom is -0.489 e. The number of pyridine rings is 1. The Morgan fingerprint density at radius 2 is 1.75 bits per heavy atom. The molecule has 0 fully saturated rings. The van der Waals surface area contributed by atoms with E-state index in [4.69, 9.17) is 16.3 Å². The normalized spacial score (nSPS) is 11.1. The second kappa shape index (κ2) is 8.59. The first-order valence-corrected chi connectivity index (χ1v) is 10.6. The van der Waals surface area contributed by atoms with Gasteiger partial charge in [0, 0.05) is 18.2 Å². The van der Waals surface area contributed by atoms with E-state index in [1.54, 1.807) is 7.05 Å². The van der Waals surface area contributed by atoms with E-state index >= 15 is 0 Å². The fraction of sp³-hybridized carbons (Fsp3) is 0.250. The molecule has 0 spiro atoms. The summed E-state index contributed by atoms with van der Waals surface area (Å²) in [7, 11) is 1.57. The van der Waals surface area contributed by atoms with E-state index < -0.39 is 0 Å². The second-order valence-electron chi connectivity index (χ2n) is 7.94. The van der Waals surface area contributed by atoms with Crippen LogP contribution in [0.1, 0.15) is 27.8 Å². The largest absolute Gasteiger partial charge is 0.489 e. The Morgan fingerprint density at radius 3 is 2.44 bits per heavy atom. The number of hydrogen-bond donors (Lipinski definition) is 0. The van der Waals surface area contributed by atoms with Gasteiger partial charge in [-0.1, -0.05) is 23.7 Å². The van der Waals surface area contributed by atoms with Gasteiger partial charge in [0.2, 0.25) is 0 Å². The van der Waals surface area contributed by atoms with Gasteiger partial charge >= 0.3 is 5.69 Å². The van der Waals surface area contributed by atoms with Crippen molar-refractivity contribution in [3.8, 4) is 22.7 Å². The van der Waals surface area contributed by atoms with Crippen LogP contribution in [0.25, 0.3) is 16.9 Å². The molecule has 7 nitrogen and oxygen atoms in total. The predicted molar refractivity (Wildman–Crippen MR) is 125 cm³/mol. The molecule has 0 bridgehead atoms. The van der Waals surface area contributed by atoms with Gasteiger partial charge in [-0.3, -0.25) is 0 Å². The molecular formula is C24H24ClN5O2. The average molecular weight is 450 g/mol. The lowest BCUT2D eigenvalue weighted by atomic mass is 10.0. The number of ether oxygens (including phenoxy) is 1. The van der Waals surface area contributed by atoms with Crippen molar-refractivity contribution in [2.75, 3.05) is 0 Å². The summed E-state index contributed by atoms with van der Waals surface area (Å²) in [5, 5.41) is 8.27. The van der Waals surface area contributed by atoms with Crippen molar-refractivity contribution in [3.63, 3.8) is 0 Å². The predicted octanol–water partition coefficient (Wildman–Crippen LogP) is 4.49. The fourth-order valence-corrected chi connectivity index (χ4v) is 3.93. The van der Waals surface area contributed by atoms with E-state index in [9.17, 15) is 4.79 Å². The molecular weight excluding hydrogens is 426 g/mol. The molecule has 32 heavy (non-hydrogen) atoms. The molecule has 0 aliphatic carbocycles. The molecule has 164 valence electrons. The van der Waals surface area contributed by atoms with Crippen molar-refractivity contribution in [1.29, 1.82) is 0 Å². The Bertz CT molecular complexity index is 1350. The van der Waals surface area contributed by atoms with Crippen LogP contribution in [-0.2, 0) is 13.7 Å². The Labute approximate surface area is 191 Å². The van der Waals surface area contributed by atoms with Gasteiger partial charge in [0.1, 0.15) is 17.5 Å².